The molecular formula is C24H26ClN5O4. The molecule has 2 aliphatic rings. The topological polar surface area (TPSA) is 89.8 Å². The number of aromatic nitrogens is 3. The summed E-state index contributed by atoms with van der Waals surface area (Å²) in [5.41, 5.74) is 2.75. The molecule has 0 saturated carbocycles. The highest BCUT2D eigenvalue weighted by molar-refractivity contribution is 6.35. The minimum atomic E-state index is -0.320. The van der Waals surface area contributed by atoms with Gasteiger partial charge in [0.2, 0.25) is 0 Å². The van der Waals surface area contributed by atoms with Gasteiger partial charge in [0.25, 0.3) is 5.91 Å². The second-order valence-electron chi connectivity index (χ2n) is 8.52. The number of benzene rings is 1. The summed E-state index contributed by atoms with van der Waals surface area (Å²) in [5, 5.41) is 5.77. The maximum Gasteiger partial charge on any atom is 0.409 e. The van der Waals surface area contributed by atoms with Crippen molar-refractivity contribution < 1.29 is 19.1 Å². The third kappa shape index (κ3) is 4.45. The number of carbonyl (C=O) groups is 2. The van der Waals surface area contributed by atoms with Gasteiger partial charge < -0.3 is 19.3 Å². The summed E-state index contributed by atoms with van der Waals surface area (Å²) in [7, 11) is 0. The van der Waals surface area contributed by atoms with E-state index in [4.69, 9.17) is 26.1 Å². The van der Waals surface area contributed by atoms with E-state index < -0.39 is 0 Å². The van der Waals surface area contributed by atoms with Crippen molar-refractivity contribution in [2.24, 2.45) is 0 Å². The van der Waals surface area contributed by atoms with Gasteiger partial charge in [0.05, 0.1) is 48.3 Å². The number of fused-ring (bicyclic) bond motifs is 1. The Balaban J connectivity index is 1.32. The highest BCUT2D eigenvalue weighted by atomic mass is 35.5. The van der Waals surface area contributed by atoms with Crippen LogP contribution in [-0.2, 0) is 9.47 Å². The molecule has 10 heteroatoms. The molecule has 0 spiro atoms. The van der Waals surface area contributed by atoms with Crippen LogP contribution in [0.1, 0.15) is 29.7 Å². The van der Waals surface area contributed by atoms with Crippen LogP contribution < -0.4 is 0 Å². The van der Waals surface area contributed by atoms with Gasteiger partial charge >= 0.3 is 6.09 Å². The lowest BCUT2D eigenvalue weighted by Crippen LogP contribution is -2.50. The molecule has 2 aromatic heterocycles. The predicted molar refractivity (Wildman–Crippen MR) is 127 cm³/mol. The van der Waals surface area contributed by atoms with E-state index in [9.17, 15) is 9.59 Å². The largest absolute Gasteiger partial charge is 0.449 e. The van der Waals surface area contributed by atoms with Gasteiger partial charge in [-0.2, -0.15) is 5.10 Å². The molecule has 0 unspecified atom stereocenters. The lowest BCUT2D eigenvalue weighted by molar-refractivity contribution is -0.0286. The molecule has 4 heterocycles. The molecule has 2 aliphatic heterocycles. The normalized spacial score (nSPS) is 16.5. The molecule has 0 aliphatic carbocycles. The highest BCUT2D eigenvalue weighted by Gasteiger charge is 2.26. The number of hydrogen-bond acceptors (Lipinski definition) is 6. The van der Waals surface area contributed by atoms with Crippen LogP contribution >= 0.6 is 11.6 Å². The van der Waals surface area contributed by atoms with E-state index in [0.717, 1.165) is 17.4 Å². The Morgan fingerprint density at radius 3 is 2.62 bits per heavy atom. The van der Waals surface area contributed by atoms with E-state index in [1.165, 1.54) is 0 Å². The Morgan fingerprint density at radius 2 is 1.91 bits per heavy atom. The molecular weight excluding hydrogens is 458 g/mol. The first-order valence-corrected chi connectivity index (χ1v) is 11.8. The number of carbonyl (C=O) groups excluding carboxylic acids is 2. The van der Waals surface area contributed by atoms with Crippen LogP contribution in [0.4, 0.5) is 4.79 Å². The second kappa shape index (κ2) is 9.60. The SMILES string of the molecule is CCCOC(=O)N1CCN(C(=O)c2ccc3c(Cl)cc(-c4cnn(C5COC5)c4)nc3c2)CC1. The van der Waals surface area contributed by atoms with E-state index >= 15 is 0 Å². The van der Waals surface area contributed by atoms with Gasteiger partial charge in [0, 0.05) is 48.9 Å². The van der Waals surface area contributed by atoms with E-state index in [-0.39, 0.29) is 18.0 Å². The maximum absolute atomic E-state index is 13.2. The first-order valence-electron chi connectivity index (χ1n) is 11.5. The monoisotopic (exact) mass is 483 g/mol. The van der Waals surface area contributed by atoms with Crippen molar-refractivity contribution in [2.45, 2.75) is 19.4 Å². The molecule has 5 rings (SSSR count). The van der Waals surface area contributed by atoms with Crippen molar-refractivity contribution in [2.75, 3.05) is 46.0 Å². The van der Waals surface area contributed by atoms with Crippen molar-refractivity contribution >= 4 is 34.5 Å². The summed E-state index contributed by atoms with van der Waals surface area (Å²) in [6.07, 6.45) is 4.17. The number of halogens is 1. The average molecular weight is 484 g/mol. The first kappa shape index (κ1) is 22.6. The zero-order chi connectivity index (χ0) is 23.7. The number of ether oxygens (including phenoxy) is 2. The van der Waals surface area contributed by atoms with Crippen LogP contribution in [0.3, 0.4) is 0 Å². The summed E-state index contributed by atoms with van der Waals surface area (Å²) in [6.45, 7) is 5.49. The van der Waals surface area contributed by atoms with E-state index in [1.54, 1.807) is 28.1 Å². The van der Waals surface area contributed by atoms with Crippen LogP contribution in [0.15, 0.2) is 36.7 Å². The Kier molecular flexibility index (Phi) is 6.38. The number of rotatable bonds is 5. The van der Waals surface area contributed by atoms with E-state index in [0.29, 0.717) is 67.8 Å². The van der Waals surface area contributed by atoms with Crippen LogP contribution in [0.2, 0.25) is 5.02 Å². The zero-order valence-corrected chi connectivity index (χ0v) is 19.7. The lowest BCUT2D eigenvalue weighted by atomic mass is 10.1. The minimum Gasteiger partial charge on any atom is -0.449 e. The Bertz CT molecular complexity index is 1220. The molecule has 1 aromatic carbocycles. The fourth-order valence-electron chi connectivity index (χ4n) is 4.07. The summed E-state index contributed by atoms with van der Waals surface area (Å²) in [4.78, 5) is 33.4. The summed E-state index contributed by atoms with van der Waals surface area (Å²) in [6, 6.07) is 7.45. The quantitative estimate of drug-likeness (QED) is 0.550. The van der Waals surface area contributed by atoms with Gasteiger partial charge in [0.1, 0.15) is 0 Å². The van der Waals surface area contributed by atoms with Crippen molar-refractivity contribution in [1.29, 1.82) is 0 Å². The third-order valence-electron chi connectivity index (χ3n) is 6.15. The van der Waals surface area contributed by atoms with Gasteiger partial charge in [-0.3, -0.25) is 9.48 Å². The van der Waals surface area contributed by atoms with Gasteiger partial charge in [-0.15, -0.1) is 0 Å². The van der Waals surface area contributed by atoms with Crippen LogP contribution in [0.25, 0.3) is 22.2 Å². The molecule has 0 atom stereocenters. The van der Waals surface area contributed by atoms with E-state index in [2.05, 4.69) is 5.10 Å². The summed E-state index contributed by atoms with van der Waals surface area (Å²) < 4.78 is 12.3. The zero-order valence-electron chi connectivity index (χ0n) is 18.9. The molecule has 2 amide bonds. The lowest BCUT2D eigenvalue weighted by Gasteiger charge is -2.34. The highest BCUT2D eigenvalue weighted by Crippen LogP contribution is 2.30. The van der Waals surface area contributed by atoms with Gasteiger partial charge in [-0.25, -0.2) is 9.78 Å². The first-order chi connectivity index (χ1) is 16.5. The van der Waals surface area contributed by atoms with Gasteiger partial charge in [-0.05, 0) is 24.6 Å². The summed E-state index contributed by atoms with van der Waals surface area (Å²) in [5.74, 6) is -0.0930. The fourth-order valence-corrected chi connectivity index (χ4v) is 4.33. The average Bonchev–Trinajstić information content (AvgIpc) is 3.30. The van der Waals surface area contributed by atoms with Gasteiger partial charge in [0.15, 0.2) is 0 Å². The van der Waals surface area contributed by atoms with E-state index in [1.807, 2.05) is 29.9 Å². The Morgan fingerprint density at radius 1 is 1.15 bits per heavy atom. The minimum absolute atomic E-state index is 0.0930. The predicted octanol–water partition coefficient (Wildman–Crippen LogP) is 3.63. The van der Waals surface area contributed by atoms with Crippen molar-refractivity contribution in [3.05, 3.63) is 47.2 Å². The number of amides is 2. The fraction of sp³-hybridized carbons (Fsp3) is 0.417. The molecule has 2 saturated heterocycles. The molecule has 3 aromatic rings. The van der Waals surface area contributed by atoms with Crippen molar-refractivity contribution in [1.82, 2.24) is 24.6 Å². The second-order valence-corrected chi connectivity index (χ2v) is 8.92. The summed E-state index contributed by atoms with van der Waals surface area (Å²) >= 11 is 6.55. The third-order valence-corrected chi connectivity index (χ3v) is 6.47. The smallest absolute Gasteiger partial charge is 0.409 e. The maximum atomic E-state index is 13.2. The molecule has 2 fully saturated rings. The van der Waals surface area contributed by atoms with Gasteiger partial charge in [-0.1, -0.05) is 24.6 Å². The molecule has 0 bridgehead atoms. The standard InChI is InChI=1S/C24H26ClN5O4/c1-2-9-34-24(32)29-7-5-28(6-8-29)23(31)16-3-4-19-20(25)11-21(27-22(19)10-16)17-12-26-30(13-17)18-14-33-15-18/h3-4,10-13,18H,2,5-9,14-15H2,1H3. The molecule has 0 N–H and O–H groups in total. The van der Waals surface area contributed by atoms with Crippen molar-refractivity contribution in [3.63, 3.8) is 0 Å². The van der Waals surface area contributed by atoms with Crippen LogP contribution in [0, 0.1) is 0 Å². The molecule has 0 radical (unpaired) electrons. The number of nitrogens with zero attached hydrogens (tertiary/aromatic N) is 5. The van der Waals surface area contributed by atoms with Crippen molar-refractivity contribution in [3.8, 4) is 11.3 Å². The van der Waals surface area contributed by atoms with Crippen LogP contribution in [0.5, 0.6) is 0 Å². The molecule has 34 heavy (non-hydrogen) atoms. The van der Waals surface area contributed by atoms with Crippen LogP contribution in [-0.4, -0.2) is 82.6 Å². The Hall–Kier alpha value is -3.17. The number of pyridine rings is 1. The Labute approximate surface area is 202 Å². The number of hydrogen-bond donors (Lipinski definition) is 0. The molecule has 9 nitrogen and oxygen atoms in total. The number of piperazine rings is 1. The molecule has 178 valence electrons.